The first kappa shape index (κ1) is 22.6. The van der Waals surface area contributed by atoms with Gasteiger partial charge in [0.2, 0.25) is 11.7 Å². The van der Waals surface area contributed by atoms with Crippen molar-refractivity contribution in [2.45, 2.75) is 26.1 Å². The molecule has 3 aromatic rings. The zero-order valence-electron chi connectivity index (χ0n) is 19.0. The van der Waals surface area contributed by atoms with E-state index in [1.54, 1.807) is 0 Å². The highest BCUT2D eigenvalue weighted by Gasteiger charge is 2.21. The molecular formula is C25H33N5O2. The van der Waals surface area contributed by atoms with E-state index in [1.807, 2.05) is 18.2 Å². The molecule has 1 aliphatic heterocycles. The van der Waals surface area contributed by atoms with Crippen LogP contribution < -0.4 is 0 Å². The van der Waals surface area contributed by atoms with Gasteiger partial charge in [-0.1, -0.05) is 65.3 Å². The summed E-state index contributed by atoms with van der Waals surface area (Å²) in [6.07, 6.45) is -0.358. The summed E-state index contributed by atoms with van der Waals surface area (Å²) in [6.45, 7) is 8.65. The number of nitrogens with zero attached hydrogens (tertiary/aromatic N) is 5. The number of aryl methyl sites for hydroxylation is 1. The number of hydrogen-bond donors (Lipinski definition) is 1. The molecule has 0 radical (unpaired) electrons. The first-order chi connectivity index (χ1) is 15.5. The molecule has 7 heteroatoms. The fourth-order valence-corrected chi connectivity index (χ4v) is 4.14. The highest BCUT2D eigenvalue weighted by molar-refractivity contribution is 5.54. The molecule has 1 saturated heterocycles. The van der Waals surface area contributed by atoms with Gasteiger partial charge in [-0.3, -0.25) is 14.7 Å². The number of β-amino-alcohol motifs (C(OH)–C–C–N with tert-alkyl or cyclic N) is 1. The molecule has 1 aromatic heterocycles. The molecule has 170 valence electrons. The maximum absolute atomic E-state index is 10.5. The third-order valence-corrected chi connectivity index (χ3v) is 5.89. The van der Waals surface area contributed by atoms with Crippen LogP contribution in [0.1, 0.15) is 17.0 Å². The van der Waals surface area contributed by atoms with Gasteiger partial charge in [0.15, 0.2) is 0 Å². The quantitative estimate of drug-likeness (QED) is 0.554. The fraction of sp³-hybridized carbons (Fsp3) is 0.440. The van der Waals surface area contributed by atoms with Gasteiger partial charge in [-0.15, -0.1) is 0 Å². The van der Waals surface area contributed by atoms with Gasteiger partial charge in [0.1, 0.15) is 0 Å². The van der Waals surface area contributed by atoms with Gasteiger partial charge in [0, 0.05) is 51.4 Å². The summed E-state index contributed by atoms with van der Waals surface area (Å²) in [7, 11) is 2.06. The van der Waals surface area contributed by atoms with Gasteiger partial charge in [-0.2, -0.15) is 4.98 Å². The van der Waals surface area contributed by atoms with Crippen molar-refractivity contribution in [1.82, 2.24) is 24.8 Å². The number of benzene rings is 2. The zero-order valence-corrected chi connectivity index (χ0v) is 19.0. The predicted molar refractivity (Wildman–Crippen MR) is 125 cm³/mol. The summed E-state index contributed by atoms with van der Waals surface area (Å²) in [5.74, 6) is 1.29. The molecule has 2 aromatic carbocycles. The lowest BCUT2D eigenvalue weighted by atomic mass is 10.1. The number of aliphatic hydroxyl groups excluding tert-OH is 1. The number of piperazine rings is 1. The van der Waals surface area contributed by atoms with Crippen molar-refractivity contribution in [2.75, 3.05) is 46.3 Å². The Bertz CT molecular complexity index is 952. The second-order valence-corrected chi connectivity index (χ2v) is 8.79. The fourth-order valence-electron chi connectivity index (χ4n) is 4.14. The molecule has 1 N–H and O–H groups in total. The second kappa shape index (κ2) is 10.8. The predicted octanol–water partition coefficient (Wildman–Crippen LogP) is 2.66. The van der Waals surface area contributed by atoms with E-state index in [1.165, 1.54) is 11.1 Å². The number of aliphatic hydroxyl groups is 1. The van der Waals surface area contributed by atoms with Crippen LogP contribution in [0.15, 0.2) is 59.1 Å². The lowest BCUT2D eigenvalue weighted by molar-refractivity contribution is 0.0501. The van der Waals surface area contributed by atoms with Gasteiger partial charge < -0.3 is 9.63 Å². The van der Waals surface area contributed by atoms with Crippen LogP contribution in [0, 0.1) is 6.92 Å². The van der Waals surface area contributed by atoms with Gasteiger partial charge >= 0.3 is 0 Å². The zero-order chi connectivity index (χ0) is 22.3. The first-order valence-corrected chi connectivity index (χ1v) is 11.3. The highest BCUT2D eigenvalue weighted by Crippen LogP contribution is 2.17. The standard InChI is InChI=1S/C25H33N5O2/c1-20-8-10-22(11-9-20)25-26-24(32-27-25)19-30-14-12-29(13-15-30)18-23(31)17-28(2)16-21-6-4-3-5-7-21/h3-11,23,31H,12-19H2,1-2H3. The summed E-state index contributed by atoms with van der Waals surface area (Å²) in [5, 5.41) is 14.7. The Hall–Kier alpha value is -2.58. The van der Waals surface area contributed by atoms with Crippen LogP contribution in [-0.4, -0.2) is 82.4 Å². The van der Waals surface area contributed by atoms with Crippen molar-refractivity contribution < 1.29 is 9.63 Å². The number of hydrogen-bond acceptors (Lipinski definition) is 7. The number of likely N-dealkylation sites (N-methyl/N-ethyl adjacent to an activating group) is 1. The summed E-state index contributed by atoms with van der Waals surface area (Å²) in [4.78, 5) is 11.4. The molecule has 4 rings (SSSR count). The second-order valence-electron chi connectivity index (χ2n) is 8.79. The van der Waals surface area contributed by atoms with Crippen molar-refractivity contribution in [2.24, 2.45) is 0 Å². The van der Waals surface area contributed by atoms with Crippen molar-refractivity contribution in [3.8, 4) is 11.4 Å². The lowest BCUT2D eigenvalue weighted by Crippen LogP contribution is -2.49. The van der Waals surface area contributed by atoms with Crippen LogP contribution in [0.3, 0.4) is 0 Å². The molecule has 7 nitrogen and oxygen atoms in total. The summed E-state index contributed by atoms with van der Waals surface area (Å²) < 4.78 is 5.47. The van der Waals surface area contributed by atoms with Gasteiger partial charge in [-0.05, 0) is 19.5 Å². The Morgan fingerprint density at radius 2 is 1.69 bits per heavy atom. The Kier molecular flexibility index (Phi) is 7.65. The van der Waals surface area contributed by atoms with Crippen molar-refractivity contribution in [3.63, 3.8) is 0 Å². The highest BCUT2D eigenvalue weighted by atomic mass is 16.5. The van der Waals surface area contributed by atoms with E-state index in [0.29, 0.717) is 31.3 Å². The molecule has 1 unspecified atom stereocenters. The lowest BCUT2D eigenvalue weighted by Gasteiger charge is -2.35. The van der Waals surface area contributed by atoms with Crippen molar-refractivity contribution in [1.29, 1.82) is 0 Å². The molecule has 0 saturated carbocycles. The molecule has 1 fully saturated rings. The van der Waals surface area contributed by atoms with Gasteiger partial charge in [0.05, 0.1) is 12.6 Å². The van der Waals surface area contributed by atoms with E-state index in [9.17, 15) is 5.11 Å². The molecule has 0 spiro atoms. The monoisotopic (exact) mass is 435 g/mol. The maximum atomic E-state index is 10.5. The van der Waals surface area contributed by atoms with E-state index >= 15 is 0 Å². The van der Waals surface area contributed by atoms with Crippen molar-refractivity contribution in [3.05, 3.63) is 71.6 Å². The summed E-state index contributed by atoms with van der Waals surface area (Å²) in [5.41, 5.74) is 3.45. The molecule has 1 atom stereocenters. The van der Waals surface area contributed by atoms with Crippen LogP contribution >= 0.6 is 0 Å². The maximum Gasteiger partial charge on any atom is 0.241 e. The van der Waals surface area contributed by atoms with E-state index < -0.39 is 0 Å². The third kappa shape index (κ3) is 6.46. The smallest absolute Gasteiger partial charge is 0.241 e. The van der Waals surface area contributed by atoms with Crippen LogP contribution in [0.2, 0.25) is 0 Å². The molecular weight excluding hydrogens is 402 g/mol. The first-order valence-electron chi connectivity index (χ1n) is 11.3. The van der Waals surface area contributed by atoms with Crippen molar-refractivity contribution >= 4 is 0 Å². The summed E-state index contributed by atoms with van der Waals surface area (Å²) in [6, 6.07) is 18.5. The molecule has 0 bridgehead atoms. The minimum absolute atomic E-state index is 0.358. The normalized spacial score (nSPS) is 16.5. The van der Waals surface area contributed by atoms with E-state index in [0.717, 1.165) is 38.3 Å². The van der Waals surface area contributed by atoms with E-state index in [-0.39, 0.29) is 6.10 Å². The molecule has 1 aliphatic rings. The topological polar surface area (TPSA) is 68.9 Å². The van der Waals surface area contributed by atoms with Crippen LogP contribution in [0.25, 0.3) is 11.4 Å². The van der Waals surface area contributed by atoms with Crippen LogP contribution in [0.4, 0.5) is 0 Å². The minimum Gasteiger partial charge on any atom is -0.390 e. The SMILES string of the molecule is Cc1ccc(-c2noc(CN3CCN(CC(O)CN(C)Cc4ccccc4)CC3)n2)cc1. The Morgan fingerprint density at radius 3 is 2.41 bits per heavy atom. The molecule has 0 aliphatic carbocycles. The van der Waals surface area contributed by atoms with Gasteiger partial charge in [0.25, 0.3) is 0 Å². The Morgan fingerprint density at radius 1 is 1.00 bits per heavy atom. The Labute approximate surface area is 190 Å². The third-order valence-electron chi connectivity index (χ3n) is 5.89. The van der Waals surface area contributed by atoms with Crippen LogP contribution in [-0.2, 0) is 13.1 Å². The van der Waals surface area contributed by atoms with E-state index in [2.05, 4.69) is 75.2 Å². The molecule has 32 heavy (non-hydrogen) atoms. The Balaban J connectivity index is 1.18. The molecule has 0 amide bonds. The minimum atomic E-state index is -0.358. The average Bonchev–Trinajstić information content (AvgIpc) is 3.24. The summed E-state index contributed by atoms with van der Waals surface area (Å²) >= 11 is 0. The number of rotatable bonds is 9. The van der Waals surface area contributed by atoms with Crippen LogP contribution in [0.5, 0.6) is 0 Å². The van der Waals surface area contributed by atoms with Gasteiger partial charge in [-0.25, -0.2) is 0 Å². The average molecular weight is 436 g/mol. The van der Waals surface area contributed by atoms with E-state index in [4.69, 9.17) is 4.52 Å². The largest absolute Gasteiger partial charge is 0.390 e. The molecule has 2 heterocycles. The number of aromatic nitrogens is 2.